The molecule has 0 saturated carbocycles. The lowest BCUT2D eigenvalue weighted by Crippen LogP contribution is -2.21. The summed E-state index contributed by atoms with van der Waals surface area (Å²) in [5.41, 5.74) is 3.55. The molecule has 31 heavy (non-hydrogen) atoms. The zero-order valence-corrected chi connectivity index (χ0v) is 19.2. The lowest BCUT2D eigenvalue weighted by Gasteiger charge is -2.24. The summed E-state index contributed by atoms with van der Waals surface area (Å²) in [6, 6.07) is 13.6. The maximum absolute atomic E-state index is 13.0. The Hall–Kier alpha value is -3.07. The zero-order valence-electron chi connectivity index (χ0n) is 19.2. The summed E-state index contributed by atoms with van der Waals surface area (Å²) in [5, 5.41) is 0. The van der Waals surface area contributed by atoms with Gasteiger partial charge in [0, 0.05) is 11.5 Å². The van der Waals surface area contributed by atoms with Crippen molar-refractivity contribution in [3.63, 3.8) is 0 Å². The molecule has 2 aromatic rings. The second-order valence-corrected chi connectivity index (χ2v) is 7.68. The quantitative estimate of drug-likeness (QED) is 0.332. The maximum atomic E-state index is 13.0. The average Bonchev–Trinajstić information content (AvgIpc) is 2.74. The van der Waals surface area contributed by atoms with Crippen LogP contribution in [-0.2, 0) is 11.2 Å². The van der Waals surface area contributed by atoms with Gasteiger partial charge in [0.1, 0.15) is 11.6 Å². The molecule has 2 rings (SSSR count). The first-order valence-electron chi connectivity index (χ1n) is 10.5. The minimum Gasteiger partial charge on any atom is -0.299 e. The van der Waals surface area contributed by atoms with E-state index in [1.165, 1.54) is 24.6 Å². The van der Waals surface area contributed by atoms with E-state index in [-0.39, 0.29) is 29.2 Å². The van der Waals surface area contributed by atoms with Crippen LogP contribution in [0.5, 0.6) is 0 Å². The first-order valence-corrected chi connectivity index (χ1v) is 10.5. The molecule has 0 saturated heterocycles. The number of hydrogen-bond acceptors (Lipinski definition) is 2. The number of rotatable bonds is 8. The van der Waals surface area contributed by atoms with E-state index in [1.54, 1.807) is 25.1 Å². The topological polar surface area (TPSA) is 34.1 Å². The molecular formula is C28H33FO2. The predicted octanol–water partition coefficient (Wildman–Crippen LogP) is 7.27. The Morgan fingerprint density at radius 2 is 1.65 bits per heavy atom. The minimum atomic E-state index is -0.347. The highest BCUT2D eigenvalue weighted by Crippen LogP contribution is 2.31. The summed E-state index contributed by atoms with van der Waals surface area (Å²) in [6.45, 7) is 12.7. The number of ketones is 2. The lowest BCUT2D eigenvalue weighted by atomic mass is 9.79. The van der Waals surface area contributed by atoms with Crippen molar-refractivity contribution in [2.24, 2.45) is 5.92 Å². The van der Waals surface area contributed by atoms with Gasteiger partial charge in [0.25, 0.3) is 0 Å². The van der Waals surface area contributed by atoms with Crippen LogP contribution in [0.1, 0.15) is 62.0 Å². The number of carbonyl (C=O) groups is 2. The maximum Gasteiger partial charge on any atom is 0.160 e. The minimum absolute atomic E-state index is 0.0125. The Bertz CT molecular complexity index is 936. The molecule has 0 spiro atoms. The third-order valence-electron chi connectivity index (χ3n) is 5.03. The van der Waals surface area contributed by atoms with E-state index in [0.29, 0.717) is 12.0 Å². The highest BCUT2D eigenvalue weighted by atomic mass is 19.1. The summed E-state index contributed by atoms with van der Waals surface area (Å²) in [7, 11) is 0. The second-order valence-electron chi connectivity index (χ2n) is 7.68. The standard InChI is InChI=1S/C20H21FO2.C8H12/c1-13(12-16-8-10-17(21)11-9-16)20(15(3)23)19-7-5-4-6-18(19)14(2)22;1-4-6-7-8(3)5-2/h4-11,13,20H,12H2,1-3H3;4-7H,2H2,1,3H3/b;6-4-,8-7-. The number of Topliss-reactive ketones (excluding diaryl/α,β-unsaturated/α-hetero) is 2. The van der Waals surface area contributed by atoms with Gasteiger partial charge < -0.3 is 0 Å². The molecule has 0 heterocycles. The van der Waals surface area contributed by atoms with Gasteiger partial charge in [-0.3, -0.25) is 9.59 Å². The molecule has 164 valence electrons. The summed E-state index contributed by atoms with van der Waals surface area (Å²) in [6.07, 6.45) is 8.49. The first kappa shape index (κ1) is 26.0. The molecule has 0 bridgehead atoms. The van der Waals surface area contributed by atoms with Crippen molar-refractivity contribution in [3.8, 4) is 0 Å². The molecule has 3 heteroatoms. The number of benzene rings is 2. The van der Waals surface area contributed by atoms with Crippen LogP contribution in [0.2, 0.25) is 0 Å². The third-order valence-corrected chi connectivity index (χ3v) is 5.03. The molecule has 2 nitrogen and oxygen atoms in total. The number of allylic oxidation sites excluding steroid dienone is 5. The number of hydrogen-bond donors (Lipinski definition) is 0. The van der Waals surface area contributed by atoms with Gasteiger partial charge in [0.05, 0.1) is 0 Å². The molecule has 0 aliphatic carbocycles. The van der Waals surface area contributed by atoms with Gasteiger partial charge in [0.15, 0.2) is 5.78 Å². The van der Waals surface area contributed by atoms with Gasteiger partial charge >= 0.3 is 0 Å². The summed E-state index contributed by atoms with van der Waals surface area (Å²) in [5.74, 6) is -0.612. The lowest BCUT2D eigenvalue weighted by molar-refractivity contribution is -0.119. The average molecular weight is 421 g/mol. The third kappa shape index (κ3) is 8.67. The molecule has 0 fully saturated rings. The van der Waals surface area contributed by atoms with Crippen molar-refractivity contribution < 1.29 is 14.0 Å². The molecule has 2 unspecified atom stereocenters. The van der Waals surface area contributed by atoms with Crippen molar-refractivity contribution in [3.05, 3.63) is 107 Å². The van der Waals surface area contributed by atoms with Gasteiger partial charge in [0.2, 0.25) is 0 Å². The largest absolute Gasteiger partial charge is 0.299 e. The van der Waals surface area contributed by atoms with Gasteiger partial charge in [-0.25, -0.2) is 4.39 Å². The monoisotopic (exact) mass is 420 g/mol. The van der Waals surface area contributed by atoms with Crippen LogP contribution in [-0.4, -0.2) is 11.6 Å². The SMILES string of the molecule is C=C/C(C)=C\C=C/C.CC(=O)c1ccccc1C(C(C)=O)C(C)Cc1ccc(F)cc1. The van der Waals surface area contributed by atoms with Crippen molar-refractivity contribution in [2.45, 2.75) is 47.0 Å². The molecule has 0 aliphatic rings. The molecule has 0 radical (unpaired) electrons. The predicted molar refractivity (Wildman–Crippen MR) is 128 cm³/mol. The Labute approximate surface area is 186 Å². The van der Waals surface area contributed by atoms with Crippen LogP contribution >= 0.6 is 0 Å². The van der Waals surface area contributed by atoms with Gasteiger partial charge in [-0.15, -0.1) is 0 Å². The van der Waals surface area contributed by atoms with Crippen LogP contribution in [0.25, 0.3) is 0 Å². The van der Waals surface area contributed by atoms with Gasteiger partial charge in [-0.1, -0.05) is 79.8 Å². The van der Waals surface area contributed by atoms with E-state index in [4.69, 9.17) is 0 Å². The van der Waals surface area contributed by atoms with Crippen LogP contribution in [0.4, 0.5) is 4.39 Å². The van der Waals surface area contributed by atoms with Crippen LogP contribution in [0.3, 0.4) is 0 Å². The van der Waals surface area contributed by atoms with Crippen molar-refractivity contribution in [2.75, 3.05) is 0 Å². The zero-order chi connectivity index (χ0) is 23.4. The molecule has 2 atom stereocenters. The molecule has 0 aliphatic heterocycles. The van der Waals surface area contributed by atoms with E-state index >= 15 is 0 Å². The highest BCUT2D eigenvalue weighted by molar-refractivity contribution is 5.98. The van der Waals surface area contributed by atoms with E-state index in [0.717, 1.165) is 11.1 Å². The van der Waals surface area contributed by atoms with Crippen LogP contribution in [0.15, 0.2) is 85.0 Å². The fourth-order valence-corrected chi connectivity index (χ4v) is 3.44. The molecule has 0 N–H and O–H groups in total. The Balaban J connectivity index is 0.000000512. The fraction of sp³-hybridized carbons (Fsp3) is 0.286. The summed E-state index contributed by atoms with van der Waals surface area (Å²) in [4.78, 5) is 24.1. The van der Waals surface area contributed by atoms with Gasteiger partial charge in [-0.05, 0) is 63.3 Å². The molecular weight excluding hydrogens is 387 g/mol. The van der Waals surface area contributed by atoms with Crippen LogP contribution < -0.4 is 0 Å². The first-order chi connectivity index (χ1) is 14.7. The number of carbonyl (C=O) groups excluding carboxylic acids is 2. The molecule has 2 aromatic carbocycles. The Kier molecular flexibility index (Phi) is 11.1. The van der Waals surface area contributed by atoms with Crippen molar-refractivity contribution in [1.82, 2.24) is 0 Å². The molecule has 0 aromatic heterocycles. The fourth-order valence-electron chi connectivity index (χ4n) is 3.44. The molecule has 0 amide bonds. The second kappa shape index (κ2) is 13.3. The smallest absolute Gasteiger partial charge is 0.160 e. The Morgan fingerprint density at radius 3 is 2.16 bits per heavy atom. The number of halogens is 1. The van der Waals surface area contributed by atoms with E-state index in [2.05, 4.69) is 6.58 Å². The normalized spacial score (nSPS) is 13.2. The van der Waals surface area contributed by atoms with Crippen LogP contribution in [0, 0.1) is 11.7 Å². The van der Waals surface area contributed by atoms with E-state index in [1.807, 2.05) is 63.3 Å². The Morgan fingerprint density at radius 1 is 1.03 bits per heavy atom. The highest BCUT2D eigenvalue weighted by Gasteiger charge is 2.27. The van der Waals surface area contributed by atoms with E-state index < -0.39 is 0 Å². The summed E-state index contributed by atoms with van der Waals surface area (Å²) >= 11 is 0. The summed E-state index contributed by atoms with van der Waals surface area (Å²) < 4.78 is 13.0. The van der Waals surface area contributed by atoms with Gasteiger partial charge in [-0.2, -0.15) is 0 Å². The van der Waals surface area contributed by atoms with Crippen molar-refractivity contribution in [1.29, 1.82) is 0 Å². The van der Waals surface area contributed by atoms with E-state index in [9.17, 15) is 14.0 Å². The van der Waals surface area contributed by atoms with Crippen molar-refractivity contribution >= 4 is 11.6 Å².